The second-order valence-electron chi connectivity index (χ2n) is 7.46. The SMILES string of the molecule is CCN(CC)C(CNC(=NC)NCCS(=O)(=O)C(C)(C)C)c1ccccc1.I. The normalized spacial score (nSPS) is 13.8. The molecule has 0 radical (unpaired) electrons. The summed E-state index contributed by atoms with van der Waals surface area (Å²) in [5, 5.41) is 6.47. The smallest absolute Gasteiger partial charge is 0.191 e. The predicted octanol–water partition coefficient (Wildman–Crippen LogP) is 3.07. The summed E-state index contributed by atoms with van der Waals surface area (Å²) in [5.74, 6) is 0.697. The monoisotopic (exact) mass is 524 g/mol. The van der Waals surface area contributed by atoms with Gasteiger partial charge in [0.25, 0.3) is 0 Å². The Kier molecular flexibility index (Phi) is 12.2. The standard InChI is InChI=1S/C20H36N4O2S.HI/c1-7-24(8-2)18(17-12-10-9-11-13-17)16-23-19(21-6)22-14-15-27(25,26)20(3,4)5;/h9-13,18H,7-8,14-16H2,1-6H3,(H2,21,22,23);1H. The lowest BCUT2D eigenvalue weighted by atomic mass is 10.1. The van der Waals surface area contributed by atoms with Crippen LogP contribution in [0.3, 0.4) is 0 Å². The van der Waals surface area contributed by atoms with Crippen molar-refractivity contribution < 1.29 is 8.42 Å². The van der Waals surface area contributed by atoms with Crippen molar-refractivity contribution in [1.29, 1.82) is 0 Å². The van der Waals surface area contributed by atoms with Gasteiger partial charge in [0.15, 0.2) is 15.8 Å². The summed E-state index contributed by atoms with van der Waals surface area (Å²) in [7, 11) is -1.45. The quantitative estimate of drug-likeness (QED) is 0.295. The molecule has 0 saturated heterocycles. The molecule has 28 heavy (non-hydrogen) atoms. The van der Waals surface area contributed by atoms with Crippen molar-refractivity contribution in [1.82, 2.24) is 15.5 Å². The van der Waals surface area contributed by atoms with Crippen molar-refractivity contribution in [3.63, 3.8) is 0 Å². The number of hydrogen-bond donors (Lipinski definition) is 2. The zero-order valence-corrected chi connectivity index (χ0v) is 21.2. The van der Waals surface area contributed by atoms with Crippen LogP contribution in [0.25, 0.3) is 0 Å². The maximum atomic E-state index is 12.2. The van der Waals surface area contributed by atoms with E-state index in [1.165, 1.54) is 5.56 Å². The van der Waals surface area contributed by atoms with Crippen LogP contribution in [0.5, 0.6) is 0 Å². The van der Waals surface area contributed by atoms with E-state index in [0.717, 1.165) is 13.1 Å². The maximum Gasteiger partial charge on any atom is 0.191 e. The Hall–Kier alpha value is -0.870. The van der Waals surface area contributed by atoms with Crippen LogP contribution in [0, 0.1) is 0 Å². The zero-order chi connectivity index (χ0) is 20.5. The van der Waals surface area contributed by atoms with Crippen LogP contribution in [-0.2, 0) is 9.84 Å². The highest BCUT2D eigenvalue weighted by atomic mass is 127. The predicted molar refractivity (Wildman–Crippen MR) is 130 cm³/mol. The van der Waals surface area contributed by atoms with Gasteiger partial charge < -0.3 is 10.6 Å². The van der Waals surface area contributed by atoms with E-state index in [-0.39, 0.29) is 35.8 Å². The summed E-state index contributed by atoms with van der Waals surface area (Å²) < 4.78 is 23.7. The van der Waals surface area contributed by atoms with Gasteiger partial charge in [-0.05, 0) is 39.4 Å². The van der Waals surface area contributed by atoms with Crippen molar-refractivity contribution >= 4 is 39.8 Å². The summed E-state index contributed by atoms with van der Waals surface area (Å²) in [6.07, 6.45) is 0. The van der Waals surface area contributed by atoms with Crippen LogP contribution in [0.4, 0.5) is 0 Å². The summed E-state index contributed by atoms with van der Waals surface area (Å²) in [6.45, 7) is 12.4. The highest BCUT2D eigenvalue weighted by molar-refractivity contribution is 14.0. The topological polar surface area (TPSA) is 73.8 Å². The van der Waals surface area contributed by atoms with Gasteiger partial charge in [-0.3, -0.25) is 9.89 Å². The lowest BCUT2D eigenvalue weighted by Crippen LogP contribution is -2.45. The number of nitrogens with one attached hydrogen (secondary N) is 2. The van der Waals surface area contributed by atoms with Crippen molar-refractivity contribution in [2.75, 3.05) is 39.0 Å². The molecule has 1 unspecified atom stereocenters. The molecule has 8 heteroatoms. The third kappa shape index (κ3) is 8.24. The van der Waals surface area contributed by atoms with Gasteiger partial charge in [0.2, 0.25) is 0 Å². The number of hydrogen-bond acceptors (Lipinski definition) is 4. The molecule has 0 aliphatic rings. The summed E-state index contributed by atoms with van der Waals surface area (Å²) in [5.41, 5.74) is 1.25. The minimum Gasteiger partial charge on any atom is -0.355 e. The number of likely N-dealkylation sites (N-methyl/N-ethyl adjacent to an activating group) is 1. The summed E-state index contributed by atoms with van der Waals surface area (Å²) in [4.78, 5) is 6.62. The third-order valence-electron chi connectivity index (χ3n) is 4.72. The second-order valence-corrected chi connectivity index (χ2v) is 10.3. The molecule has 0 fully saturated rings. The highest BCUT2D eigenvalue weighted by Crippen LogP contribution is 2.19. The molecule has 0 aliphatic heterocycles. The van der Waals surface area contributed by atoms with Crippen molar-refractivity contribution in [3.05, 3.63) is 35.9 Å². The number of halogens is 1. The number of nitrogens with zero attached hydrogens (tertiary/aromatic N) is 2. The number of benzene rings is 1. The van der Waals surface area contributed by atoms with Gasteiger partial charge in [-0.1, -0.05) is 44.2 Å². The molecule has 0 spiro atoms. The average molecular weight is 525 g/mol. The number of guanidine groups is 1. The van der Waals surface area contributed by atoms with Crippen LogP contribution in [0.2, 0.25) is 0 Å². The van der Waals surface area contributed by atoms with Crippen molar-refractivity contribution in [2.45, 2.75) is 45.4 Å². The Labute approximate surface area is 188 Å². The number of aliphatic imine (C=N–C) groups is 1. The molecule has 2 N–H and O–H groups in total. The van der Waals surface area contributed by atoms with Crippen LogP contribution >= 0.6 is 24.0 Å². The van der Waals surface area contributed by atoms with Gasteiger partial charge in [0, 0.05) is 20.1 Å². The molecule has 1 atom stereocenters. The van der Waals surface area contributed by atoms with Gasteiger partial charge in [0.05, 0.1) is 16.5 Å². The molecule has 1 aromatic rings. The molecule has 6 nitrogen and oxygen atoms in total. The summed E-state index contributed by atoms with van der Waals surface area (Å²) >= 11 is 0. The van der Waals surface area contributed by atoms with Gasteiger partial charge in [-0.15, -0.1) is 24.0 Å². The molecule has 1 rings (SSSR count). The van der Waals surface area contributed by atoms with Crippen LogP contribution in [0.1, 0.15) is 46.2 Å². The van der Waals surface area contributed by atoms with Crippen molar-refractivity contribution in [3.8, 4) is 0 Å². The Morgan fingerprint density at radius 2 is 1.68 bits per heavy atom. The number of sulfone groups is 1. The third-order valence-corrected chi connectivity index (χ3v) is 7.33. The first-order chi connectivity index (χ1) is 12.7. The Bertz CT molecular complexity index is 684. The fourth-order valence-corrected chi connectivity index (χ4v) is 3.80. The van der Waals surface area contributed by atoms with Crippen LogP contribution in [-0.4, -0.2) is 63.0 Å². The Balaban J connectivity index is 0.00000729. The van der Waals surface area contributed by atoms with Gasteiger partial charge >= 0.3 is 0 Å². The molecule has 0 aliphatic carbocycles. The van der Waals surface area contributed by atoms with Crippen LogP contribution < -0.4 is 10.6 Å². The zero-order valence-electron chi connectivity index (χ0n) is 18.0. The molecular weight excluding hydrogens is 487 g/mol. The minimum atomic E-state index is -3.15. The lowest BCUT2D eigenvalue weighted by Gasteiger charge is -2.31. The highest BCUT2D eigenvalue weighted by Gasteiger charge is 2.28. The van der Waals surface area contributed by atoms with E-state index >= 15 is 0 Å². The van der Waals surface area contributed by atoms with E-state index in [9.17, 15) is 8.42 Å². The molecule has 0 aromatic heterocycles. The molecule has 0 bridgehead atoms. The average Bonchev–Trinajstić information content (AvgIpc) is 2.63. The van der Waals surface area contributed by atoms with Gasteiger partial charge in [-0.2, -0.15) is 0 Å². The van der Waals surface area contributed by atoms with E-state index in [2.05, 4.69) is 58.6 Å². The lowest BCUT2D eigenvalue weighted by molar-refractivity contribution is 0.219. The minimum absolute atomic E-state index is 0. The van der Waals surface area contributed by atoms with E-state index in [0.29, 0.717) is 19.0 Å². The first kappa shape index (κ1) is 27.1. The van der Waals surface area contributed by atoms with E-state index in [1.807, 2.05) is 6.07 Å². The van der Waals surface area contributed by atoms with E-state index < -0.39 is 14.6 Å². The Morgan fingerprint density at radius 3 is 2.14 bits per heavy atom. The van der Waals surface area contributed by atoms with Crippen molar-refractivity contribution in [2.24, 2.45) is 4.99 Å². The van der Waals surface area contributed by atoms with Gasteiger partial charge in [-0.25, -0.2) is 8.42 Å². The molecule has 1 aromatic carbocycles. The molecule has 0 amide bonds. The van der Waals surface area contributed by atoms with Gasteiger partial charge in [0.1, 0.15) is 0 Å². The molecular formula is C20H37IN4O2S. The van der Waals surface area contributed by atoms with Crippen LogP contribution in [0.15, 0.2) is 35.3 Å². The second kappa shape index (κ2) is 12.6. The van der Waals surface area contributed by atoms with E-state index in [4.69, 9.17) is 0 Å². The summed E-state index contributed by atoms with van der Waals surface area (Å²) in [6, 6.07) is 10.6. The molecule has 0 saturated carbocycles. The Morgan fingerprint density at radius 1 is 1.11 bits per heavy atom. The van der Waals surface area contributed by atoms with E-state index in [1.54, 1.807) is 27.8 Å². The first-order valence-corrected chi connectivity index (χ1v) is 11.3. The molecule has 162 valence electrons. The largest absolute Gasteiger partial charge is 0.355 e. The fourth-order valence-electron chi connectivity index (χ4n) is 2.82. The number of rotatable bonds is 9. The maximum absolute atomic E-state index is 12.2. The first-order valence-electron chi connectivity index (χ1n) is 9.62. The fraction of sp³-hybridized carbons (Fsp3) is 0.650. The molecule has 0 heterocycles.